The van der Waals surface area contributed by atoms with E-state index in [0.717, 1.165) is 73.7 Å². The first-order valence-electron chi connectivity index (χ1n) is 39.4. The molecule has 1 aromatic heterocycles. The largest absolute Gasteiger partial charge is 0.508 e. The number of amides is 10. The first-order chi connectivity index (χ1) is 59.8. The fourth-order valence-electron chi connectivity index (χ4n) is 14.9. The number of likely N-dealkylation sites (N-methyl/N-ethyl adjacent to an activating group) is 1. The van der Waals surface area contributed by atoms with E-state index in [9.17, 15) is 74.7 Å². The Hall–Kier alpha value is -12.1. The molecule has 8 heterocycles. The molecule has 2 fully saturated rings. The van der Waals surface area contributed by atoms with Crippen molar-refractivity contribution >= 4 is 106 Å². The number of rotatable bonds is 20. The van der Waals surface area contributed by atoms with Gasteiger partial charge in [-0.3, -0.25) is 63.4 Å². The quantitative estimate of drug-likeness (QED) is 0.0379. The Balaban J connectivity index is 0.999. The molecule has 7 aliphatic heterocycles. The van der Waals surface area contributed by atoms with Gasteiger partial charge >= 0.3 is 5.69 Å². The molecule has 14 rings (SSSR count). The lowest BCUT2D eigenvalue weighted by Gasteiger charge is -2.48. The van der Waals surface area contributed by atoms with Crippen LogP contribution in [0, 0.1) is 5.92 Å². The second-order valence-corrected chi connectivity index (χ2v) is 32.3. The van der Waals surface area contributed by atoms with Gasteiger partial charge in [0.1, 0.15) is 101 Å². The molecule has 0 spiro atoms. The number of nitrogens with two attached hydrogens (primary N) is 1. The maximum atomic E-state index is 16.3. The van der Waals surface area contributed by atoms with E-state index in [1.807, 2.05) is 13.8 Å². The molecular formula is C83H91Cl3N14O26. The minimum Gasteiger partial charge on any atom is -0.508 e. The first-order valence-corrected chi connectivity index (χ1v) is 40.5. The summed E-state index contributed by atoms with van der Waals surface area (Å²) in [6.07, 6.45) is -15.5. The number of hydrazine groups is 1. The Morgan fingerprint density at radius 1 is 0.714 bits per heavy atom. The molecule has 7 aliphatic rings. The van der Waals surface area contributed by atoms with E-state index in [1.165, 1.54) is 55.1 Å². The van der Waals surface area contributed by atoms with Gasteiger partial charge in [0.2, 0.25) is 65.2 Å². The number of anilines is 1. The summed E-state index contributed by atoms with van der Waals surface area (Å²) in [5.74, 6) is -17.4. The lowest BCUT2D eigenvalue weighted by atomic mass is 9.85. The Morgan fingerprint density at radius 3 is 1.98 bits per heavy atom. The first kappa shape index (κ1) is 93.0. The number of benzene rings is 6. The molecule has 6 aromatic carbocycles. The van der Waals surface area contributed by atoms with Crippen molar-refractivity contribution < 1.29 is 122 Å². The van der Waals surface area contributed by atoms with Gasteiger partial charge in [-0.1, -0.05) is 79.0 Å². The Morgan fingerprint density at radius 2 is 1.36 bits per heavy atom. The number of fused-ring (bicyclic) bond motifs is 15. The summed E-state index contributed by atoms with van der Waals surface area (Å²) in [4.78, 5) is 162. The van der Waals surface area contributed by atoms with E-state index in [2.05, 4.69) is 63.7 Å². The van der Waals surface area contributed by atoms with Crippen LogP contribution < -0.4 is 84.3 Å². The van der Waals surface area contributed by atoms with Crippen molar-refractivity contribution in [2.75, 3.05) is 25.5 Å². The van der Waals surface area contributed by atoms with Crippen LogP contribution in [0.15, 0.2) is 126 Å². The minimum atomic E-state index is -2.41. The van der Waals surface area contributed by atoms with Crippen molar-refractivity contribution in [2.45, 2.75) is 170 Å². The molecule has 18 unspecified atom stereocenters. The van der Waals surface area contributed by atoms with Gasteiger partial charge in [0.15, 0.2) is 23.9 Å². The highest BCUT2D eigenvalue weighted by Crippen LogP contribution is 2.50. The highest BCUT2D eigenvalue weighted by molar-refractivity contribution is 6.32. The molecule has 670 valence electrons. The van der Waals surface area contributed by atoms with Gasteiger partial charge in [-0.15, -0.1) is 0 Å². The fraction of sp³-hybridized carbons (Fsp3) is 0.373. The van der Waals surface area contributed by atoms with Crippen LogP contribution in [-0.2, 0) is 68.7 Å². The van der Waals surface area contributed by atoms with Crippen molar-refractivity contribution in [3.63, 3.8) is 0 Å². The molecule has 10 amide bonds. The third kappa shape index (κ3) is 21.3. The van der Waals surface area contributed by atoms with E-state index < -0.39 is 260 Å². The lowest BCUT2D eigenvalue weighted by molar-refractivity contribution is -0.334. The van der Waals surface area contributed by atoms with Crippen molar-refractivity contribution in [1.82, 2.24) is 62.9 Å². The number of aliphatic hydroxyl groups excluding tert-OH is 6. The van der Waals surface area contributed by atoms with Crippen molar-refractivity contribution in [3.8, 4) is 57.1 Å². The van der Waals surface area contributed by atoms with E-state index >= 15 is 24.0 Å². The highest BCUT2D eigenvalue weighted by atomic mass is 35.5. The van der Waals surface area contributed by atoms with Crippen LogP contribution in [0.5, 0.6) is 46.0 Å². The SMILES string of the molecule is CNC(CC(C)C)C(=O)NC1C(=O)NC(CC(N)=O)C(=O)NC2C(=O)NC3C(=O)NC(C(=O)NC(C(=O)NNC(C)=O)c4cc(O)cc(O)c4-c4cc3ccc4O)C(O)c3ccc(c(Cl)c3)Oc3cc2cc(c3OC2OC(CO)C(O)C(O)C2OC2CC(C)(NCCn3ccc(NC(=O)C=Cc4ccc(Cl)cc4)nc3=O)C(O)C(C)O2)Oc2ccc(cc2Cl)C1O. The van der Waals surface area contributed by atoms with Crippen LogP contribution in [-0.4, -0.2) is 214 Å². The molecule has 43 heteroatoms. The molecular weight excluding hydrogens is 1720 g/mol. The predicted octanol–water partition coefficient (Wildman–Crippen LogP) is 1.38. The van der Waals surface area contributed by atoms with Gasteiger partial charge in [0, 0.05) is 66.5 Å². The minimum absolute atomic E-state index is 0.0398. The van der Waals surface area contributed by atoms with Gasteiger partial charge in [-0.25, -0.2) is 4.79 Å². The van der Waals surface area contributed by atoms with Crippen LogP contribution in [0.2, 0.25) is 15.1 Å². The summed E-state index contributed by atoms with van der Waals surface area (Å²) in [6, 6.07) is 7.16. The zero-order valence-corrected chi connectivity index (χ0v) is 70.1. The number of aromatic nitrogens is 2. The topological polar surface area (TPSA) is 601 Å². The summed E-state index contributed by atoms with van der Waals surface area (Å²) in [6.45, 7) is 6.58. The van der Waals surface area contributed by atoms with Gasteiger partial charge < -0.3 is 128 Å². The molecule has 0 saturated carbocycles. The van der Waals surface area contributed by atoms with Gasteiger partial charge in [-0.2, -0.15) is 4.98 Å². The monoisotopic (exact) mass is 1800 g/mol. The zero-order valence-electron chi connectivity index (χ0n) is 67.8. The Labute approximate surface area is 731 Å². The van der Waals surface area contributed by atoms with E-state index in [1.54, 1.807) is 31.2 Å². The average molecular weight is 1810 g/mol. The number of primary amides is 1. The number of ether oxygens (including phenoxy) is 6. The van der Waals surface area contributed by atoms with Crippen molar-refractivity contribution in [1.29, 1.82) is 0 Å². The number of carbonyl (C=O) groups is 10. The Kier molecular flexibility index (Phi) is 29.2. The molecule has 18 atom stereocenters. The predicted molar refractivity (Wildman–Crippen MR) is 445 cm³/mol. The number of nitrogens with one attached hydrogen (secondary N) is 11. The molecule has 126 heavy (non-hydrogen) atoms. The van der Waals surface area contributed by atoms with Crippen LogP contribution >= 0.6 is 34.8 Å². The van der Waals surface area contributed by atoms with Crippen LogP contribution in [0.3, 0.4) is 0 Å². The number of aromatic hydroxyl groups is 3. The van der Waals surface area contributed by atoms with Crippen LogP contribution in [0.4, 0.5) is 5.82 Å². The van der Waals surface area contributed by atoms with Gasteiger partial charge in [0.25, 0.3) is 5.91 Å². The highest BCUT2D eigenvalue weighted by Gasteiger charge is 2.52. The molecule has 7 aromatic rings. The summed E-state index contributed by atoms with van der Waals surface area (Å²) >= 11 is 20.3. The van der Waals surface area contributed by atoms with E-state index in [-0.39, 0.29) is 60.1 Å². The Bertz CT molecular complexity index is 5460. The molecule has 40 nitrogen and oxygen atoms in total. The van der Waals surface area contributed by atoms with Gasteiger partial charge in [-0.05, 0) is 145 Å². The molecule has 2 saturated heterocycles. The molecule has 0 aliphatic carbocycles. The summed E-state index contributed by atoms with van der Waals surface area (Å²) in [5, 5.41) is 130. The summed E-state index contributed by atoms with van der Waals surface area (Å²) < 4.78 is 40.6. The van der Waals surface area contributed by atoms with E-state index in [0.29, 0.717) is 10.6 Å². The average Bonchev–Trinajstić information content (AvgIpc) is 0.764. The number of phenolic OH excluding ortho intramolecular Hbond substituents is 3. The molecule has 22 N–H and O–H groups in total. The third-order valence-corrected chi connectivity index (χ3v) is 22.3. The maximum Gasteiger partial charge on any atom is 0.349 e. The number of carbonyl (C=O) groups excluding carboxylic acids is 10. The van der Waals surface area contributed by atoms with Crippen LogP contribution in [0.1, 0.15) is 118 Å². The summed E-state index contributed by atoms with van der Waals surface area (Å²) in [7, 11) is 1.46. The number of hydrogen-bond donors (Lipinski definition) is 21. The number of nitrogens with zero attached hydrogens (tertiary/aromatic N) is 2. The fourth-order valence-corrected chi connectivity index (χ4v) is 15.5. The second-order valence-electron chi connectivity index (χ2n) is 31.0. The number of halogens is 3. The van der Waals surface area contributed by atoms with Crippen molar-refractivity contribution in [2.24, 2.45) is 11.7 Å². The number of aliphatic hydroxyl groups is 6. The van der Waals surface area contributed by atoms with E-state index in [4.69, 9.17) is 69.0 Å². The van der Waals surface area contributed by atoms with Crippen molar-refractivity contribution in [3.05, 3.63) is 180 Å². The summed E-state index contributed by atoms with van der Waals surface area (Å²) in [5.41, 5.74) is 5.55. The number of phenols is 3. The zero-order chi connectivity index (χ0) is 91.2. The number of hydrogen-bond acceptors (Lipinski definition) is 29. The standard InChI is InChI=1S/C83H91Cl3N14O26/c1-34(2)23-48(88-6)74(113)96-65-67(108)39-11-16-52(46(85)25-39)122-54-27-41-28-55(71(54)126-81-72(70(111)69(110)56(33-101)124-81)125-60-32-83(5,73(112)35(3)121-60)89-20-22-100-21-19-58(92-82(100)120)91-59(107)18-9-37-7-13-42(84)14-8-37)123-53-17-12-40(26-47(53)86)68(109)66-79(118)95-64(80(119)99-98-36(4)102)45-29-43(103)30-51(105)61(45)44-24-38(10-15-50(44)104)62(76(115)97-66)94-77(116)63(41)93-75(114)49(31-57(87)106)90-78(65)117/h7-19,21,24-30,34-35,48-49,56,60,62-70,72-73,81,88-89,101,103-105,108-112H,20,22-23,31-33H2,1-6H3,(H2,87,106)(H,90,117)(H,93,114)(H,94,116)(H,95,118)(H,96,113)(H,97,115)(H,98,102)(H,99,119)(H,91,92,107,120). The maximum absolute atomic E-state index is 16.3. The molecule has 11 bridgehead atoms. The lowest BCUT2D eigenvalue weighted by Crippen LogP contribution is -2.65. The normalized spacial score (nSPS) is 25.8. The molecule has 0 radical (unpaired) electrons. The third-order valence-electron chi connectivity index (χ3n) is 21.4. The smallest absolute Gasteiger partial charge is 0.349 e. The second kappa shape index (κ2) is 39.6. The van der Waals surface area contributed by atoms with Crippen LogP contribution in [0.25, 0.3) is 17.2 Å². The van der Waals surface area contributed by atoms with Gasteiger partial charge in [0.05, 0.1) is 41.3 Å².